The summed E-state index contributed by atoms with van der Waals surface area (Å²) in [5, 5.41) is 4.08. The van der Waals surface area contributed by atoms with Crippen molar-refractivity contribution in [2.75, 3.05) is 0 Å². The van der Waals surface area contributed by atoms with Crippen molar-refractivity contribution in [2.24, 2.45) is 5.73 Å². The SMILES string of the molecule is CCn1nc(C)cc(C(C)N)c1=O. The molecule has 1 unspecified atom stereocenters. The fourth-order valence-corrected chi connectivity index (χ4v) is 1.24. The molecule has 0 aliphatic carbocycles. The third-order valence-corrected chi connectivity index (χ3v) is 1.91. The molecule has 0 bridgehead atoms. The van der Waals surface area contributed by atoms with Gasteiger partial charge in [0, 0.05) is 18.2 Å². The Morgan fingerprint density at radius 2 is 2.31 bits per heavy atom. The van der Waals surface area contributed by atoms with Gasteiger partial charge in [0.2, 0.25) is 0 Å². The maximum Gasteiger partial charge on any atom is 0.271 e. The maximum absolute atomic E-state index is 11.6. The van der Waals surface area contributed by atoms with Gasteiger partial charge in [-0.05, 0) is 26.8 Å². The van der Waals surface area contributed by atoms with Gasteiger partial charge in [-0.25, -0.2) is 4.68 Å². The highest BCUT2D eigenvalue weighted by Crippen LogP contribution is 2.03. The first-order valence-corrected chi connectivity index (χ1v) is 4.40. The van der Waals surface area contributed by atoms with Gasteiger partial charge in [-0.1, -0.05) is 0 Å². The Labute approximate surface area is 77.4 Å². The summed E-state index contributed by atoms with van der Waals surface area (Å²) in [6.45, 7) is 6.13. The van der Waals surface area contributed by atoms with Crippen LogP contribution in [-0.4, -0.2) is 9.78 Å². The highest BCUT2D eigenvalue weighted by molar-refractivity contribution is 5.15. The van der Waals surface area contributed by atoms with E-state index in [2.05, 4.69) is 5.10 Å². The van der Waals surface area contributed by atoms with Crippen LogP contribution < -0.4 is 11.3 Å². The van der Waals surface area contributed by atoms with E-state index in [0.29, 0.717) is 12.1 Å². The van der Waals surface area contributed by atoms with Gasteiger partial charge in [0.1, 0.15) is 0 Å². The molecule has 0 fully saturated rings. The molecule has 4 nitrogen and oxygen atoms in total. The predicted octanol–water partition coefficient (Wildman–Crippen LogP) is 0.591. The Bertz CT molecular complexity index is 354. The first-order chi connectivity index (χ1) is 6.06. The van der Waals surface area contributed by atoms with Crippen molar-refractivity contribution in [3.63, 3.8) is 0 Å². The Morgan fingerprint density at radius 1 is 1.69 bits per heavy atom. The smallest absolute Gasteiger partial charge is 0.271 e. The van der Waals surface area contributed by atoms with E-state index < -0.39 is 0 Å². The van der Waals surface area contributed by atoms with Crippen LogP contribution in [0.3, 0.4) is 0 Å². The van der Waals surface area contributed by atoms with Gasteiger partial charge in [0.05, 0.1) is 5.69 Å². The molecule has 1 aromatic rings. The van der Waals surface area contributed by atoms with Crippen LogP contribution in [0.5, 0.6) is 0 Å². The van der Waals surface area contributed by atoms with Crippen molar-refractivity contribution in [1.82, 2.24) is 9.78 Å². The molecule has 4 heteroatoms. The summed E-state index contributed by atoms with van der Waals surface area (Å²) in [4.78, 5) is 11.6. The lowest BCUT2D eigenvalue weighted by Gasteiger charge is -2.08. The fourth-order valence-electron chi connectivity index (χ4n) is 1.24. The summed E-state index contributed by atoms with van der Waals surface area (Å²) in [7, 11) is 0. The lowest BCUT2D eigenvalue weighted by atomic mass is 10.1. The van der Waals surface area contributed by atoms with E-state index in [0.717, 1.165) is 5.69 Å². The monoisotopic (exact) mass is 181 g/mol. The molecule has 1 atom stereocenters. The van der Waals surface area contributed by atoms with Crippen LogP contribution in [0.2, 0.25) is 0 Å². The summed E-state index contributed by atoms with van der Waals surface area (Å²) >= 11 is 0. The van der Waals surface area contributed by atoms with E-state index in [4.69, 9.17) is 5.73 Å². The molecule has 0 aromatic carbocycles. The minimum atomic E-state index is -0.230. The Balaban J connectivity index is 3.36. The van der Waals surface area contributed by atoms with E-state index in [9.17, 15) is 4.79 Å². The zero-order valence-electron chi connectivity index (χ0n) is 8.24. The Morgan fingerprint density at radius 3 is 2.77 bits per heavy atom. The van der Waals surface area contributed by atoms with Gasteiger partial charge in [-0.2, -0.15) is 5.10 Å². The summed E-state index contributed by atoms with van der Waals surface area (Å²) in [5.74, 6) is 0. The van der Waals surface area contributed by atoms with Gasteiger partial charge in [0.25, 0.3) is 5.56 Å². The van der Waals surface area contributed by atoms with E-state index in [1.54, 1.807) is 13.0 Å². The van der Waals surface area contributed by atoms with Crippen LogP contribution in [0, 0.1) is 6.92 Å². The number of rotatable bonds is 2. The largest absolute Gasteiger partial charge is 0.324 e. The molecule has 72 valence electrons. The normalized spacial score (nSPS) is 12.9. The van der Waals surface area contributed by atoms with Crippen LogP contribution in [0.25, 0.3) is 0 Å². The van der Waals surface area contributed by atoms with Gasteiger partial charge < -0.3 is 5.73 Å². The Hall–Kier alpha value is -1.16. The van der Waals surface area contributed by atoms with Crippen molar-refractivity contribution in [3.8, 4) is 0 Å². The van der Waals surface area contributed by atoms with Crippen molar-refractivity contribution >= 4 is 0 Å². The predicted molar refractivity (Wildman–Crippen MR) is 51.5 cm³/mol. The van der Waals surface area contributed by atoms with Crippen LogP contribution in [0.1, 0.15) is 31.1 Å². The van der Waals surface area contributed by atoms with E-state index in [-0.39, 0.29) is 11.6 Å². The first kappa shape index (κ1) is 9.92. The van der Waals surface area contributed by atoms with Crippen molar-refractivity contribution < 1.29 is 0 Å². The second-order valence-corrected chi connectivity index (χ2v) is 3.15. The summed E-state index contributed by atoms with van der Waals surface area (Å²) in [6.07, 6.45) is 0. The third kappa shape index (κ3) is 1.95. The highest BCUT2D eigenvalue weighted by atomic mass is 16.1. The maximum atomic E-state index is 11.6. The van der Waals surface area contributed by atoms with Crippen LogP contribution >= 0.6 is 0 Å². The number of hydrogen-bond acceptors (Lipinski definition) is 3. The van der Waals surface area contributed by atoms with Gasteiger partial charge in [-0.3, -0.25) is 4.79 Å². The molecule has 0 aliphatic heterocycles. The molecule has 1 rings (SSSR count). The summed E-state index contributed by atoms with van der Waals surface area (Å²) < 4.78 is 1.44. The summed E-state index contributed by atoms with van der Waals surface area (Å²) in [5.41, 5.74) is 7.05. The molecule has 13 heavy (non-hydrogen) atoms. The second kappa shape index (κ2) is 3.70. The first-order valence-electron chi connectivity index (χ1n) is 4.40. The lowest BCUT2D eigenvalue weighted by Crippen LogP contribution is -2.29. The van der Waals surface area contributed by atoms with E-state index in [1.165, 1.54) is 4.68 Å². The number of hydrogen-bond donors (Lipinski definition) is 1. The number of aryl methyl sites for hydroxylation is 2. The quantitative estimate of drug-likeness (QED) is 0.726. The second-order valence-electron chi connectivity index (χ2n) is 3.15. The van der Waals surface area contributed by atoms with E-state index in [1.807, 2.05) is 13.8 Å². The standard InChI is InChI=1S/C9H15N3O/c1-4-12-9(13)8(7(3)10)5-6(2)11-12/h5,7H,4,10H2,1-3H3. The average Bonchev–Trinajstić information content (AvgIpc) is 2.08. The van der Waals surface area contributed by atoms with Crippen molar-refractivity contribution in [1.29, 1.82) is 0 Å². The van der Waals surface area contributed by atoms with Crippen LogP contribution in [0.4, 0.5) is 0 Å². The minimum absolute atomic E-state index is 0.0805. The molecule has 0 radical (unpaired) electrons. The molecule has 0 saturated heterocycles. The number of aromatic nitrogens is 2. The molecule has 1 heterocycles. The summed E-state index contributed by atoms with van der Waals surface area (Å²) in [6, 6.07) is 1.52. The molecule has 0 aliphatic rings. The minimum Gasteiger partial charge on any atom is -0.324 e. The number of nitrogens with two attached hydrogens (primary N) is 1. The lowest BCUT2D eigenvalue weighted by molar-refractivity contribution is 0.588. The van der Waals surface area contributed by atoms with Gasteiger partial charge in [-0.15, -0.1) is 0 Å². The molecule has 2 N–H and O–H groups in total. The van der Waals surface area contributed by atoms with Crippen LogP contribution in [-0.2, 0) is 6.54 Å². The molecular weight excluding hydrogens is 166 g/mol. The van der Waals surface area contributed by atoms with Crippen LogP contribution in [0.15, 0.2) is 10.9 Å². The molecule has 0 saturated carbocycles. The molecule has 0 amide bonds. The average molecular weight is 181 g/mol. The van der Waals surface area contributed by atoms with Gasteiger partial charge in [0.15, 0.2) is 0 Å². The zero-order chi connectivity index (χ0) is 10.0. The van der Waals surface area contributed by atoms with Gasteiger partial charge >= 0.3 is 0 Å². The topological polar surface area (TPSA) is 60.9 Å². The van der Waals surface area contributed by atoms with E-state index >= 15 is 0 Å². The highest BCUT2D eigenvalue weighted by Gasteiger charge is 2.08. The molecule has 1 aromatic heterocycles. The zero-order valence-corrected chi connectivity index (χ0v) is 8.24. The Kier molecular flexibility index (Phi) is 2.83. The van der Waals surface area contributed by atoms with Crippen molar-refractivity contribution in [3.05, 3.63) is 27.7 Å². The molecular formula is C9H15N3O. The number of nitrogens with zero attached hydrogens (tertiary/aromatic N) is 2. The third-order valence-electron chi connectivity index (χ3n) is 1.91. The molecule has 0 spiro atoms. The van der Waals surface area contributed by atoms with Crippen molar-refractivity contribution in [2.45, 2.75) is 33.4 Å². The fraction of sp³-hybridized carbons (Fsp3) is 0.556.